The van der Waals surface area contributed by atoms with Crippen LogP contribution in [0.25, 0.3) is 0 Å². The van der Waals surface area contributed by atoms with E-state index in [0.29, 0.717) is 19.6 Å². The number of carboxylic acid groups (broad SMARTS) is 1. The Morgan fingerprint density at radius 2 is 2.05 bits per heavy atom. The van der Waals surface area contributed by atoms with Crippen molar-refractivity contribution in [3.05, 3.63) is 29.3 Å². The molecule has 0 saturated heterocycles. The van der Waals surface area contributed by atoms with E-state index in [9.17, 15) is 13.2 Å². The Hall–Kier alpha value is -1.44. The summed E-state index contributed by atoms with van der Waals surface area (Å²) >= 11 is 0. The fourth-order valence-electron chi connectivity index (χ4n) is 1.79. The van der Waals surface area contributed by atoms with Crippen molar-refractivity contribution in [2.45, 2.75) is 24.7 Å². The predicted octanol–water partition coefficient (Wildman–Crippen LogP) is 1.40. The number of unbranched alkanes of at least 4 members (excludes halogenated alkanes) is 1. The molecule has 0 amide bonds. The van der Waals surface area contributed by atoms with Crippen molar-refractivity contribution in [1.82, 2.24) is 4.72 Å². The van der Waals surface area contributed by atoms with Crippen LogP contribution in [0.15, 0.2) is 23.1 Å². The standard InChI is InChI=1S/C13H19NO5S/c1-10-11(13(15)16)6-5-7-12(10)20(17,18)14-8-3-4-9-19-2/h5-7,14H,3-4,8-9H2,1-2H3,(H,15,16). The number of methoxy groups -OCH3 is 1. The molecular weight excluding hydrogens is 282 g/mol. The number of benzene rings is 1. The average molecular weight is 301 g/mol. The first kappa shape index (κ1) is 16.6. The van der Waals surface area contributed by atoms with Crippen LogP contribution in [-0.2, 0) is 14.8 Å². The van der Waals surface area contributed by atoms with Gasteiger partial charge in [0.2, 0.25) is 10.0 Å². The van der Waals surface area contributed by atoms with Crippen LogP contribution in [0.5, 0.6) is 0 Å². The first-order chi connectivity index (χ1) is 9.40. The zero-order chi connectivity index (χ0) is 15.2. The molecule has 0 bridgehead atoms. The number of hydrogen-bond acceptors (Lipinski definition) is 4. The highest BCUT2D eigenvalue weighted by Gasteiger charge is 2.19. The lowest BCUT2D eigenvalue weighted by Crippen LogP contribution is -2.26. The molecule has 0 aliphatic heterocycles. The maximum Gasteiger partial charge on any atom is 0.335 e. The SMILES string of the molecule is COCCCCNS(=O)(=O)c1cccc(C(=O)O)c1C. The summed E-state index contributed by atoms with van der Waals surface area (Å²) in [6, 6.07) is 4.21. The summed E-state index contributed by atoms with van der Waals surface area (Å²) in [4.78, 5) is 11.0. The van der Waals surface area contributed by atoms with E-state index in [4.69, 9.17) is 9.84 Å². The third kappa shape index (κ3) is 4.29. The number of rotatable bonds is 8. The summed E-state index contributed by atoms with van der Waals surface area (Å²) in [5.41, 5.74) is 0.233. The molecule has 0 atom stereocenters. The molecule has 1 rings (SSSR count). The monoisotopic (exact) mass is 301 g/mol. The second-order valence-corrected chi connectivity index (χ2v) is 6.07. The van der Waals surface area contributed by atoms with Gasteiger partial charge >= 0.3 is 5.97 Å². The van der Waals surface area contributed by atoms with Crippen molar-refractivity contribution < 1.29 is 23.1 Å². The Kier molecular flexibility index (Phi) is 6.12. The van der Waals surface area contributed by atoms with E-state index in [1.807, 2.05) is 0 Å². The van der Waals surface area contributed by atoms with Gasteiger partial charge in [0.05, 0.1) is 10.5 Å². The van der Waals surface area contributed by atoms with Crippen LogP contribution in [0.4, 0.5) is 0 Å². The number of carbonyl (C=O) groups is 1. The fourth-order valence-corrected chi connectivity index (χ4v) is 3.13. The smallest absolute Gasteiger partial charge is 0.335 e. The number of aromatic carboxylic acids is 1. The van der Waals surface area contributed by atoms with Crippen molar-refractivity contribution in [3.8, 4) is 0 Å². The number of hydrogen-bond donors (Lipinski definition) is 2. The van der Waals surface area contributed by atoms with Gasteiger partial charge in [-0.3, -0.25) is 0 Å². The van der Waals surface area contributed by atoms with Gasteiger partial charge in [0.25, 0.3) is 0 Å². The molecule has 112 valence electrons. The number of sulfonamides is 1. The molecule has 0 spiro atoms. The summed E-state index contributed by atoms with van der Waals surface area (Å²) in [7, 11) is -2.10. The Labute approximate surface area is 118 Å². The van der Waals surface area contributed by atoms with Gasteiger partial charge in [-0.1, -0.05) is 6.07 Å². The van der Waals surface area contributed by atoms with Crippen molar-refractivity contribution in [2.75, 3.05) is 20.3 Å². The molecule has 0 heterocycles. The molecule has 0 aliphatic carbocycles. The van der Waals surface area contributed by atoms with E-state index in [2.05, 4.69) is 4.72 Å². The number of nitrogens with one attached hydrogen (secondary N) is 1. The summed E-state index contributed by atoms with van der Waals surface area (Å²) in [5, 5.41) is 9.00. The van der Waals surface area contributed by atoms with Crippen molar-refractivity contribution in [2.24, 2.45) is 0 Å². The van der Waals surface area contributed by atoms with Crippen LogP contribution in [0.1, 0.15) is 28.8 Å². The van der Waals surface area contributed by atoms with E-state index in [-0.39, 0.29) is 16.0 Å². The highest BCUT2D eigenvalue weighted by atomic mass is 32.2. The molecule has 1 aromatic carbocycles. The zero-order valence-electron chi connectivity index (χ0n) is 11.5. The molecular formula is C13H19NO5S. The quantitative estimate of drug-likeness (QED) is 0.708. The van der Waals surface area contributed by atoms with Gasteiger partial charge < -0.3 is 9.84 Å². The highest BCUT2D eigenvalue weighted by molar-refractivity contribution is 7.89. The minimum Gasteiger partial charge on any atom is -0.478 e. The van der Waals surface area contributed by atoms with Gasteiger partial charge in [-0.2, -0.15) is 0 Å². The van der Waals surface area contributed by atoms with Crippen LogP contribution < -0.4 is 4.72 Å². The molecule has 0 radical (unpaired) electrons. The van der Waals surface area contributed by atoms with E-state index in [1.54, 1.807) is 7.11 Å². The minimum atomic E-state index is -3.69. The predicted molar refractivity (Wildman–Crippen MR) is 74.4 cm³/mol. The van der Waals surface area contributed by atoms with E-state index in [0.717, 1.165) is 6.42 Å². The van der Waals surface area contributed by atoms with Gasteiger partial charge in [-0.05, 0) is 37.5 Å². The van der Waals surface area contributed by atoms with Gasteiger partial charge in [0, 0.05) is 20.3 Å². The molecule has 2 N–H and O–H groups in total. The molecule has 0 unspecified atom stereocenters. The molecule has 7 heteroatoms. The average Bonchev–Trinajstić information content (AvgIpc) is 2.38. The summed E-state index contributed by atoms with van der Waals surface area (Å²) < 4.78 is 31.6. The van der Waals surface area contributed by atoms with Gasteiger partial charge in [0.1, 0.15) is 0 Å². The van der Waals surface area contributed by atoms with Crippen molar-refractivity contribution in [3.63, 3.8) is 0 Å². The van der Waals surface area contributed by atoms with Crippen LogP contribution in [0.3, 0.4) is 0 Å². The lowest BCUT2D eigenvalue weighted by molar-refractivity contribution is 0.0696. The topological polar surface area (TPSA) is 92.7 Å². The lowest BCUT2D eigenvalue weighted by atomic mass is 10.1. The molecule has 1 aromatic rings. The van der Waals surface area contributed by atoms with Crippen LogP contribution >= 0.6 is 0 Å². The number of ether oxygens (including phenoxy) is 1. The van der Waals surface area contributed by atoms with Crippen molar-refractivity contribution in [1.29, 1.82) is 0 Å². The molecule has 0 aromatic heterocycles. The van der Waals surface area contributed by atoms with E-state index >= 15 is 0 Å². The lowest BCUT2D eigenvalue weighted by Gasteiger charge is -2.10. The third-order valence-corrected chi connectivity index (χ3v) is 4.48. The van der Waals surface area contributed by atoms with Crippen LogP contribution in [0.2, 0.25) is 0 Å². The zero-order valence-corrected chi connectivity index (χ0v) is 12.4. The van der Waals surface area contributed by atoms with Gasteiger partial charge in [-0.15, -0.1) is 0 Å². The number of carboxylic acids is 1. The first-order valence-corrected chi connectivity index (χ1v) is 7.70. The molecule has 0 aliphatic rings. The van der Waals surface area contributed by atoms with Crippen molar-refractivity contribution >= 4 is 16.0 Å². The highest BCUT2D eigenvalue weighted by Crippen LogP contribution is 2.18. The molecule has 0 fully saturated rings. The fraction of sp³-hybridized carbons (Fsp3) is 0.462. The third-order valence-electron chi connectivity index (χ3n) is 2.87. The largest absolute Gasteiger partial charge is 0.478 e. The second-order valence-electron chi connectivity index (χ2n) is 4.33. The molecule has 0 saturated carbocycles. The van der Waals surface area contributed by atoms with E-state index < -0.39 is 16.0 Å². The molecule has 6 nitrogen and oxygen atoms in total. The Bertz CT molecular complexity index is 568. The minimum absolute atomic E-state index is 0.00383. The second kappa shape index (κ2) is 7.37. The van der Waals surface area contributed by atoms with Gasteiger partial charge in [-0.25, -0.2) is 17.9 Å². The Morgan fingerprint density at radius 3 is 2.65 bits per heavy atom. The van der Waals surface area contributed by atoms with Crippen LogP contribution in [0, 0.1) is 6.92 Å². The maximum absolute atomic E-state index is 12.1. The summed E-state index contributed by atoms with van der Waals surface area (Å²) in [5.74, 6) is -1.14. The normalized spacial score (nSPS) is 11.5. The Morgan fingerprint density at radius 1 is 1.35 bits per heavy atom. The summed E-state index contributed by atoms with van der Waals surface area (Å²) in [6.45, 7) is 2.36. The molecule has 20 heavy (non-hydrogen) atoms. The Balaban J connectivity index is 2.83. The first-order valence-electron chi connectivity index (χ1n) is 6.21. The maximum atomic E-state index is 12.1. The van der Waals surface area contributed by atoms with Crippen LogP contribution in [-0.4, -0.2) is 39.8 Å². The summed E-state index contributed by atoms with van der Waals surface area (Å²) in [6.07, 6.45) is 1.41. The van der Waals surface area contributed by atoms with E-state index in [1.165, 1.54) is 25.1 Å². The van der Waals surface area contributed by atoms with Gasteiger partial charge in [0.15, 0.2) is 0 Å².